The molecule has 0 radical (unpaired) electrons. The zero-order valence-corrected chi connectivity index (χ0v) is 15.1. The molecule has 1 aliphatic rings. The summed E-state index contributed by atoms with van der Waals surface area (Å²) < 4.78 is 11.5. The van der Waals surface area contributed by atoms with Crippen LogP contribution in [-0.2, 0) is 20.7 Å². The molecule has 1 aromatic rings. The third kappa shape index (κ3) is 5.87. The van der Waals surface area contributed by atoms with Gasteiger partial charge in [-0.15, -0.1) is 0 Å². The molecule has 1 aliphatic heterocycles. The lowest BCUT2D eigenvalue weighted by molar-refractivity contribution is -0.171. The summed E-state index contributed by atoms with van der Waals surface area (Å²) in [5.74, 6) is 0.437. The minimum Gasteiger partial charge on any atom is -0.459 e. The number of allylic oxidation sites excluding steroid dienone is 1. The van der Waals surface area contributed by atoms with Crippen molar-refractivity contribution in [3.05, 3.63) is 47.7 Å². The zero-order valence-electron chi connectivity index (χ0n) is 15.1. The molecule has 0 saturated heterocycles. The number of ether oxygens (including phenoxy) is 2. The Morgan fingerprint density at radius 1 is 1.32 bits per heavy atom. The number of carbonyl (C=O) groups excluding carboxylic acids is 1. The van der Waals surface area contributed by atoms with Crippen molar-refractivity contribution in [2.24, 2.45) is 11.8 Å². The van der Waals surface area contributed by atoms with E-state index in [1.54, 1.807) is 0 Å². The van der Waals surface area contributed by atoms with E-state index in [1.807, 2.05) is 43.3 Å². The Bertz CT molecular complexity index is 558. The number of nitrogens with one attached hydrogen (secondary N) is 1. The van der Waals surface area contributed by atoms with Gasteiger partial charge in [0.2, 0.25) is 6.29 Å². The van der Waals surface area contributed by atoms with E-state index in [2.05, 4.69) is 12.2 Å². The van der Waals surface area contributed by atoms with Gasteiger partial charge in [0.05, 0.1) is 0 Å². The van der Waals surface area contributed by atoms with Gasteiger partial charge in [-0.3, -0.25) is 4.79 Å². The monoisotopic (exact) mass is 347 g/mol. The Kier molecular flexibility index (Phi) is 7.95. The summed E-state index contributed by atoms with van der Waals surface area (Å²) in [5.41, 5.74) is 1.19. The molecule has 1 aromatic carbocycles. The molecule has 25 heavy (non-hydrogen) atoms. The minimum absolute atomic E-state index is 0.146. The average molecular weight is 347 g/mol. The van der Waals surface area contributed by atoms with Crippen molar-refractivity contribution in [2.75, 3.05) is 19.8 Å². The van der Waals surface area contributed by atoms with Crippen LogP contribution in [0.3, 0.4) is 0 Å². The maximum atomic E-state index is 12.4. The summed E-state index contributed by atoms with van der Waals surface area (Å²) in [6.07, 6.45) is 3.72. The van der Waals surface area contributed by atoms with Crippen LogP contribution >= 0.6 is 0 Å². The van der Waals surface area contributed by atoms with Crippen LogP contribution in [0, 0.1) is 11.8 Å². The lowest BCUT2D eigenvalue weighted by Gasteiger charge is -2.35. The first kappa shape index (κ1) is 19.5. The fraction of sp³-hybridized carbons (Fsp3) is 0.550. The first-order valence-electron chi connectivity index (χ1n) is 9.08. The number of benzene rings is 1. The average Bonchev–Trinajstić information content (AvgIpc) is 2.62. The molecule has 0 aliphatic carbocycles. The molecule has 0 bridgehead atoms. The van der Waals surface area contributed by atoms with Crippen molar-refractivity contribution in [3.63, 3.8) is 0 Å². The van der Waals surface area contributed by atoms with Gasteiger partial charge in [0.15, 0.2) is 5.76 Å². The number of carbonyl (C=O) groups is 1. The van der Waals surface area contributed by atoms with Gasteiger partial charge in [-0.25, -0.2) is 0 Å². The van der Waals surface area contributed by atoms with Gasteiger partial charge in [0.1, 0.15) is 0 Å². The molecule has 2 rings (SSSR count). The van der Waals surface area contributed by atoms with E-state index in [1.165, 1.54) is 5.56 Å². The van der Waals surface area contributed by atoms with Crippen LogP contribution in [0.5, 0.6) is 0 Å². The Hall–Kier alpha value is -1.85. The Morgan fingerprint density at radius 2 is 2.08 bits per heavy atom. The molecular weight excluding hydrogens is 318 g/mol. The maximum absolute atomic E-state index is 12.4. The molecule has 2 N–H and O–H groups in total. The summed E-state index contributed by atoms with van der Waals surface area (Å²) in [7, 11) is 0. The van der Waals surface area contributed by atoms with Gasteiger partial charge in [-0.2, -0.15) is 0 Å². The molecule has 1 heterocycles. The quantitative estimate of drug-likeness (QED) is 0.721. The second kappa shape index (κ2) is 10.2. The van der Waals surface area contributed by atoms with Gasteiger partial charge in [0.25, 0.3) is 5.91 Å². The van der Waals surface area contributed by atoms with Crippen molar-refractivity contribution >= 4 is 5.91 Å². The fourth-order valence-electron chi connectivity index (χ4n) is 3.09. The van der Waals surface area contributed by atoms with Crippen molar-refractivity contribution in [3.8, 4) is 0 Å². The van der Waals surface area contributed by atoms with Crippen LogP contribution in [0.4, 0.5) is 0 Å². The third-order valence-corrected chi connectivity index (χ3v) is 4.47. The maximum Gasteiger partial charge on any atom is 0.286 e. The highest BCUT2D eigenvalue weighted by Crippen LogP contribution is 2.32. The Morgan fingerprint density at radius 3 is 2.76 bits per heavy atom. The zero-order chi connectivity index (χ0) is 18.1. The van der Waals surface area contributed by atoms with Crippen LogP contribution in [0.25, 0.3) is 0 Å². The van der Waals surface area contributed by atoms with E-state index in [-0.39, 0.29) is 24.3 Å². The predicted molar refractivity (Wildman–Crippen MR) is 96.7 cm³/mol. The Labute approximate surface area is 150 Å². The third-order valence-electron chi connectivity index (χ3n) is 4.47. The molecule has 5 nitrogen and oxygen atoms in total. The second-order valence-corrected chi connectivity index (χ2v) is 6.35. The highest BCUT2D eigenvalue weighted by Gasteiger charge is 2.34. The Balaban J connectivity index is 1.91. The normalized spacial score (nSPS) is 22.8. The predicted octanol–water partition coefficient (Wildman–Crippen LogP) is 2.65. The van der Waals surface area contributed by atoms with E-state index >= 15 is 0 Å². The number of hydrogen-bond donors (Lipinski definition) is 2. The fourth-order valence-corrected chi connectivity index (χ4v) is 3.09. The number of hydrogen-bond acceptors (Lipinski definition) is 4. The number of aliphatic hydroxyl groups excluding tert-OH is 1. The number of aliphatic hydroxyl groups is 1. The van der Waals surface area contributed by atoms with Crippen LogP contribution in [-0.4, -0.2) is 37.1 Å². The first-order valence-corrected chi connectivity index (χ1v) is 9.08. The highest BCUT2D eigenvalue weighted by molar-refractivity contribution is 5.91. The lowest BCUT2D eigenvalue weighted by Crippen LogP contribution is -2.39. The van der Waals surface area contributed by atoms with Crippen LogP contribution in [0.2, 0.25) is 0 Å². The minimum atomic E-state index is -0.438. The van der Waals surface area contributed by atoms with Crippen molar-refractivity contribution < 1.29 is 19.4 Å². The van der Waals surface area contributed by atoms with E-state index in [4.69, 9.17) is 14.6 Å². The van der Waals surface area contributed by atoms with Gasteiger partial charge < -0.3 is 19.9 Å². The molecule has 0 aromatic heterocycles. The van der Waals surface area contributed by atoms with Crippen molar-refractivity contribution in [1.82, 2.24) is 5.32 Å². The summed E-state index contributed by atoms with van der Waals surface area (Å²) >= 11 is 0. The van der Waals surface area contributed by atoms with E-state index in [0.29, 0.717) is 25.3 Å². The van der Waals surface area contributed by atoms with Crippen LogP contribution in [0.15, 0.2) is 42.2 Å². The van der Waals surface area contributed by atoms with E-state index < -0.39 is 6.29 Å². The molecular formula is C20H29NO4. The molecule has 3 atom stereocenters. The largest absolute Gasteiger partial charge is 0.459 e. The topological polar surface area (TPSA) is 67.8 Å². The molecule has 1 amide bonds. The van der Waals surface area contributed by atoms with Crippen LogP contribution in [0.1, 0.15) is 32.3 Å². The van der Waals surface area contributed by atoms with E-state index in [0.717, 1.165) is 12.8 Å². The standard InChI is InChI=1S/C20H29NO4/c1-3-24-20-17(10-7-13-22)15(2)14-18(25-20)19(23)21-12-11-16-8-5-4-6-9-16/h4-6,8-9,14-15,17,20,22H,3,7,10-13H2,1-2H3,(H,21,23)/t15-,17+,20+/m1/s1. The van der Waals surface area contributed by atoms with Gasteiger partial charge in [0, 0.05) is 25.7 Å². The molecule has 5 heteroatoms. The molecule has 0 saturated carbocycles. The molecule has 0 spiro atoms. The SMILES string of the molecule is CCO[C@H]1OC(C(=O)NCCc2ccccc2)=C[C@@H](C)[C@@H]1CCCO. The number of rotatable bonds is 9. The van der Waals surface area contributed by atoms with E-state index in [9.17, 15) is 4.79 Å². The lowest BCUT2D eigenvalue weighted by atomic mass is 9.87. The van der Waals surface area contributed by atoms with Crippen LogP contribution < -0.4 is 5.32 Å². The van der Waals surface area contributed by atoms with Crippen molar-refractivity contribution in [1.29, 1.82) is 0 Å². The smallest absolute Gasteiger partial charge is 0.286 e. The molecule has 0 fully saturated rings. The molecule has 0 unspecified atom stereocenters. The first-order chi connectivity index (χ1) is 12.2. The molecule has 138 valence electrons. The van der Waals surface area contributed by atoms with Gasteiger partial charge in [-0.1, -0.05) is 37.3 Å². The number of amides is 1. The summed E-state index contributed by atoms with van der Waals surface area (Å²) in [6, 6.07) is 10.0. The van der Waals surface area contributed by atoms with Crippen molar-refractivity contribution in [2.45, 2.75) is 39.4 Å². The second-order valence-electron chi connectivity index (χ2n) is 6.35. The highest BCUT2D eigenvalue weighted by atomic mass is 16.7. The summed E-state index contributed by atoms with van der Waals surface area (Å²) in [5, 5.41) is 12.0. The summed E-state index contributed by atoms with van der Waals surface area (Å²) in [6.45, 7) is 5.21. The van der Waals surface area contributed by atoms with Gasteiger partial charge in [-0.05, 0) is 43.7 Å². The summed E-state index contributed by atoms with van der Waals surface area (Å²) in [4.78, 5) is 12.4. The van der Waals surface area contributed by atoms with Gasteiger partial charge >= 0.3 is 0 Å².